The molecule has 140 valence electrons. The van der Waals surface area contributed by atoms with Crippen molar-refractivity contribution in [2.75, 3.05) is 18.1 Å². The van der Waals surface area contributed by atoms with Gasteiger partial charge in [-0.05, 0) is 34.7 Å². The fraction of sp³-hybridized carbons (Fsp3) is 0.167. The maximum Gasteiger partial charge on any atom is 0.310 e. The summed E-state index contributed by atoms with van der Waals surface area (Å²) >= 11 is 0. The smallest absolute Gasteiger partial charge is 0.310 e. The van der Waals surface area contributed by atoms with Gasteiger partial charge >= 0.3 is 5.97 Å². The average molecular weight is 371 g/mol. The first-order valence-electron chi connectivity index (χ1n) is 9.39. The molecule has 0 radical (unpaired) electrons. The third kappa shape index (κ3) is 3.96. The van der Waals surface area contributed by atoms with Crippen LogP contribution in [0.25, 0.3) is 11.1 Å². The van der Waals surface area contributed by atoms with Crippen LogP contribution in [-0.4, -0.2) is 25.0 Å². The summed E-state index contributed by atoms with van der Waals surface area (Å²) in [6.45, 7) is 0.409. The van der Waals surface area contributed by atoms with E-state index < -0.39 is 5.97 Å². The Morgan fingerprint density at radius 1 is 0.821 bits per heavy atom. The molecule has 4 heteroatoms. The monoisotopic (exact) mass is 371 g/mol. The molecule has 0 bridgehead atoms. The van der Waals surface area contributed by atoms with E-state index in [9.17, 15) is 9.59 Å². The highest BCUT2D eigenvalue weighted by Gasteiger charge is 2.24. The molecule has 28 heavy (non-hydrogen) atoms. The molecule has 4 rings (SSSR count). The fourth-order valence-corrected chi connectivity index (χ4v) is 3.48. The van der Waals surface area contributed by atoms with Crippen LogP contribution in [0.3, 0.4) is 0 Å². The van der Waals surface area contributed by atoms with Crippen molar-refractivity contribution in [2.45, 2.75) is 12.8 Å². The van der Waals surface area contributed by atoms with E-state index in [1.807, 2.05) is 78.9 Å². The molecule has 1 aliphatic rings. The normalized spacial score (nSPS) is 12.5. The van der Waals surface area contributed by atoms with Gasteiger partial charge in [-0.3, -0.25) is 9.59 Å². The Morgan fingerprint density at radius 2 is 1.50 bits per heavy atom. The number of amides is 1. The molecule has 0 saturated heterocycles. The topological polar surface area (TPSA) is 46.6 Å². The minimum Gasteiger partial charge on any atom is -0.455 e. The number of esters is 1. The van der Waals surface area contributed by atoms with Crippen molar-refractivity contribution in [2.24, 2.45) is 0 Å². The maximum absolute atomic E-state index is 12.4. The number of rotatable bonds is 5. The van der Waals surface area contributed by atoms with Crippen molar-refractivity contribution in [3.05, 3.63) is 90.0 Å². The Balaban J connectivity index is 1.31. The number of fused-ring (bicyclic) bond motifs is 1. The molecular formula is C24H21NO3. The van der Waals surface area contributed by atoms with Crippen LogP contribution in [0.1, 0.15) is 11.1 Å². The van der Waals surface area contributed by atoms with Gasteiger partial charge in [0.1, 0.15) is 0 Å². The number of anilines is 1. The highest BCUT2D eigenvalue weighted by atomic mass is 16.5. The zero-order valence-corrected chi connectivity index (χ0v) is 15.5. The quantitative estimate of drug-likeness (QED) is 0.636. The molecule has 0 fully saturated rings. The Bertz CT molecular complexity index is 980. The SMILES string of the molecule is O=C(Cc1ccc(-c2ccccc2)cc1)OCC(=O)N1CCc2ccccc21. The van der Waals surface area contributed by atoms with E-state index >= 15 is 0 Å². The molecule has 0 aliphatic carbocycles. The molecule has 1 amide bonds. The Kier molecular flexibility index (Phi) is 5.20. The van der Waals surface area contributed by atoms with Gasteiger partial charge < -0.3 is 9.64 Å². The van der Waals surface area contributed by atoms with Gasteiger partial charge in [-0.25, -0.2) is 0 Å². The lowest BCUT2D eigenvalue weighted by Crippen LogP contribution is -2.33. The summed E-state index contributed by atoms with van der Waals surface area (Å²) in [7, 11) is 0. The van der Waals surface area contributed by atoms with Gasteiger partial charge in [0, 0.05) is 12.2 Å². The summed E-state index contributed by atoms with van der Waals surface area (Å²) < 4.78 is 5.22. The minimum absolute atomic E-state index is 0.152. The highest BCUT2D eigenvalue weighted by molar-refractivity contribution is 5.97. The van der Waals surface area contributed by atoms with Crippen molar-refractivity contribution in [1.82, 2.24) is 0 Å². The van der Waals surface area contributed by atoms with E-state index in [4.69, 9.17) is 4.74 Å². The molecule has 1 heterocycles. The van der Waals surface area contributed by atoms with Gasteiger partial charge in [-0.15, -0.1) is 0 Å². The first-order chi connectivity index (χ1) is 13.7. The van der Waals surface area contributed by atoms with Crippen molar-refractivity contribution in [3.63, 3.8) is 0 Å². The van der Waals surface area contributed by atoms with Crippen LogP contribution in [0.5, 0.6) is 0 Å². The van der Waals surface area contributed by atoms with E-state index in [0.29, 0.717) is 6.54 Å². The van der Waals surface area contributed by atoms with E-state index in [1.165, 1.54) is 0 Å². The second kappa shape index (κ2) is 8.09. The third-order valence-electron chi connectivity index (χ3n) is 4.95. The minimum atomic E-state index is -0.395. The number of hydrogen-bond acceptors (Lipinski definition) is 3. The standard InChI is InChI=1S/C24H21NO3/c26-23(25-15-14-21-8-4-5-9-22(21)25)17-28-24(27)16-18-10-12-20(13-11-18)19-6-2-1-3-7-19/h1-13H,14-17H2. The molecule has 0 N–H and O–H groups in total. The molecule has 3 aromatic rings. The van der Waals surface area contributed by atoms with Crippen LogP contribution in [0.15, 0.2) is 78.9 Å². The second-order valence-electron chi connectivity index (χ2n) is 6.82. The van der Waals surface area contributed by atoms with Crippen LogP contribution in [-0.2, 0) is 27.2 Å². The van der Waals surface area contributed by atoms with E-state index in [1.54, 1.807) is 4.90 Å². The predicted molar refractivity (Wildman–Crippen MR) is 109 cm³/mol. The Hall–Kier alpha value is -3.40. The number of benzene rings is 3. The van der Waals surface area contributed by atoms with Crippen LogP contribution in [0, 0.1) is 0 Å². The average Bonchev–Trinajstić information content (AvgIpc) is 3.17. The Labute approximate surface area is 164 Å². The molecule has 0 atom stereocenters. The van der Waals surface area contributed by atoms with E-state index in [-0.39, 0.29) is 18.9 Å². The Morgan fingerprint density at radius 3 is 2.29 bits per heavy atom. The molecule has 0 spiro atoms. The first-order valence-corrected chi connectivity index (χ1v) is 9.39. The van der Waals surface area contributed by atoms with Crippen LogP contribution >= 0.6 is 0 Å². The molecular weight excluding hydrogens is 350 g/mol. The summed E-state index contributed by atoms with van der Waals surface area (Å²) in [6, 6.07) is 25.7. The first kappa shape index (κ1) is 18.0. The van der Waals surface area contributed by atoms with Crippen molar-refractivity contribution in [3.8, 4) is 11.1 Å². The summed E-state index contributed by atoms with van der Waals surface area (Å²) in [5.41, 5.74) is 5.16. The van der Waals surface area contributed by atoms with Gasteiger partial charge in [-0.1, -0.05) is 72.8 Å². The van der Waals surface area contributed by atoms with Crippen LogP contribution < -0.4 is 4.90 Å². The molecule has 4 nitrogen and oxygen atoms in total. The second-order valence-corrected chi connectivity index (χ2v) is 6.82. The van der Waals surface area contributed by atoms with Crippen molar-refractivity contribution >= 4 is 17.6 Å². The van der Waals surface area contributed by atoms with E-state index in [0.717, 1.165) is 34.4 Å². The molecule has 0 aromatic heterocycles. The summed E-state index contributed by atoms with van der Waals surface area (Å²) in [6.07, 6.45) is 0.989. The summed E-state index contributed by atoms with van der Waals surface area (Å²) in [5.74, 6) is -0.578. The number of carbonyl (C=O) groups is 2. The number of nitrogens with zero attached hydrogens (tertiary/aromatic N) is 1. The van der Waals surface area contributed by atoms with Crippen LogP contribution in [0.4, 0.5) is 5.69 Å². The lowest BCUT2D eigenvalue weighted by Gasteiger charge is -2.17. The van der Waals surface area contributed by atoms with Gasteiger partial charge in [-0.2, -0.15) is 0 Å². The van der Waals surface area contributed by atoms with Gasteiger partial charge in [0.2, 0.25) is 0 Å². The van der Waals surface area contributed by atoms with Crippen molar-refractivity contribution < 1.29 is 14.3 Å². The number of hydrogen-bond donors (Lipinski definition) is 0. The third-order valence-corrected chi connectivity index (χ3v) is 4.95. The summed E-state index contributed by atoms with van der Waals surface area (Å²) in [4.78, 5) is 26.2. The molecule has 3 aromatic carbocycles. The number of carbonyl (C=O) groups excluding carboxylic acids is 2. The lowest BCUT2D eigenvalue weighted by atomic mass is 10.0. The van der Waals surface area contributed by atoms with Gasteiger partial charge in [0.25, 0.3) is 5.91 Å². The molecule has 0 saturated carbocycles. The fourth-order valence-electron chi connectivity index (χ4n) is 3.48. The van der Waals surface area contributed by atoms with Crippen molar-refractivity contribution in [1.29, 1.82) is 0 Å². The largest absolute Gasteiger partial charge is 0.455 e. The lowest BCUT2D eigenvalue weighted by molar-refractivity contribution is -0.147. The van der Waals surface area contributed by atoms with Gasteiger partial charge in [0.05, 0.1) is 6.42 Å². The zero-order chi connectivity index (χ0) is 19.3. The van der Waals surface area contributed by atoms with Crippen LogP contribution in [0.2, 0.25) is 0 Å². The zero-order valence-electron chi connectivity index (χ0n) is 15.5. The molecule has 0 unspecified atom stereocenters. The highest BCUT2D eigenvalue weighted by Crippen LogP contribution is 2.27. The van der Waals surface area contributed by atoms with Gasteiger partial charge in [0.15, 0.2) is 6.61 Å². The molecule has 1 aliphatic heterocycles. The van der Waals surface area contributed by atoms with E-state index in [2.05, 4.69) is 0 Å². The number of para-hydroxylation sites is 1. The maximum atomic E-state index is 12.4. The summed E-state index contributed by atoms with van der Waals surface area (Å²) in [5, 5.41) is 0. The number of ether oxygens (including phenoxy) is 1. The predicted octanol–water partition coefficient (Wildman–Crippen LogP) is 4.03.